The molecule has 0 bridgehead atoms. The maximum atomic E-state index is 11.2. The van der Waals surface area contributed by atoms with E-state index < -0.39 is 5.60 Å². The molecule has 1 unspecified atom stereocenters. The van der Waals surface area contributed by atoms with Gasteiger partial charge in [0.1, 0.15) is 5.60 Å². The van der Waals surface area contributed by atoms with Crippen LogP contribution in [0.25, 0.3) is 0 Å². The van der Waals surface area contributed by atoms with Crippen LogP contribution in [0.2, 0.25) is 5.02 Å². The lowest BCUT2D eigenvalue weighted by atomic mass is 9.78. The van der Waals surface area contributed by atoms with Gasteiger partial charge < -0.3 is 5.11 Å². The summed E-state index contributed by atoms with van der Waals surface area (Å²) in [6.07, 6.45) is 3.71. The second kappa shape index (κ2) is 5.41. The molecule has 1 heterocycles. The number of aromatic nitrogens is 2. The lowest BCUT2D eigenvalue weighted by molar-refractivity contribution is 0.0124. The van der Waals surface area contributed by atoms with E-state index in [-0.39, 0.29) is 6.04 Å². The molecule has 1 N–H and O–H groups in total. The number of aryl methyl sites for hydroxylation is 1. The smallest absolute Gasteiger partial charge is 0.112 e. The van der Waals surface area contributed by atoms with Gasteiger partial charge in [-0.2, -0.15) is 5.10 Å². The van der Waals surface area contributed by atoms with Crippen LogP contribution >= 0.6 is 27.5 Å². The Balaban J connectivity index is 2.04. The predicted molar refractivity (Wildman–Crippen MR) is 87.7 cm³/mol. The zero-order chi connectivity index (χ0) is 15.2. The van der Waals surface area contributed by atoms with Gasteiger partial charge in [-0.05, 0) is 49.9 Å². The van der Waals surface area contributed by atoms with Crippen molar-refractivity contribution in [2.45, 2.75) is 44.8 Å². The zero-order valence-electron chi connectivity index (χ0n) is 12.1. The minimum atomic E-state index is -0.946. The van der Waals surface area contributed by atoms with Crippen LogP contribution in [-0.4, -0.2) is 14.9 Å². The second-order valence-corrected chi connectivity index (χ2v) is 7.32. The molecule has 1 aliphatic carbocycles. The summed E-state index contributed by atoms with van der Waals surface area (Å²) in [5.74, 6) is 0. The quantitative estimate of drug-likeness (QED) is 0.859. The minimum Gasteiger partial charge on any atom is -0.383 e. The highest BCUT2D eigenvalue weighted by molar-refractivity contribution is 9.10. The van der Waals surface area contributed by atoms with Gasteiger partial charge in [0, 0.05) is 16.9 Å². The van der Waals surface area contributed by atoms with Crippen LogP contribution in [0.15, 0.2) is 28.9 Å². The molecular formula is C16H18BrClN2O. The predicted octanol–water partition coefficient (Wildman–Crippen LogP) is 4.26. The molecule has 1 aromatic carbocycles. The topological polar surface area (TPSA) is 38.0 Å². The van der Waals surface area contributed by atoms with Crippen LogP contribution < -0.4 is 0 Å². The molecule has 0 saturated carbocycles. The lowest BCUT2D eigenvalue weighted by Crippen LogP contribution is -2.36. The molecule has 1 aromatic heterocycles. The molecule has 2 aromatic rings. The van der Waals surface area contributed by atoms with Crippen LogP contribution in [0.3, 0.4) is 0 Å². The third kappa shape index (κ3) is 2.65. The maximum Gasteiger partial charge on any atom is 0.112 e. The van der Waals surface area contributed by atoms with Crippen LogP contribution in [0, 0.1) is 0 Å². The number of halogens is 2. The molecule has 0 saturated heterocycles. The van der Waals surface area contributed by atoms with E-state index in [0.717, 1.165) is 16.6 Å². The molecule has 0 amide bonds. The van der Waals surface area contributed by atoms with Crippen molar-refractivity contribution in [2.24, 2.45) is 0 Å². The molecule has 1 atom stereocenters. The van der Waals surface area contributed by atoms with Gasteiger partial charge >= 0.3 is 0 Å². The first-order valence-electron chi connectivity index (χ1n) is 7.14. The molecule has 0 radical (unpaired) electrons. The lowest BCUT2D eigenvalue weighted by Gasteiger charge is -2.35. The molecule has 0 fully saturated rings. The van der Waals surface area contributed by atoms with Gasteiger partial charge in [-0.3, -0.25) is 4.68 Å². The van der Waals surface area contributed by atoms with Crippen LogP contribution in [0.1, 0.15) is 43.1 Å². The van der Waals surface area contributed by atoms with Crippen molar-refractivity contribution in [3.05, 3.63) is 50.7 Å². The van der Waals surface area contributed by atoms with Crippen molar-refractivity contribution in [2.75, 3.05) is 0 Å². The Morgan fingerprint density at radius 2 is 2.14 bits per heavy atom. The van der Waals surface area contributed by atoms with Crippen molar-refractivity contribution >= 4 is 27.5 Å². The number of hydrogen-bond donors (Lipinski definition) is 1. The largest absolute Gasteiger partial charge is 0.383 e. The summed E-state index contributed by atoms with van der Waals surface area (Å²) >= 11 is 9.82. The summed E-state index contributed by atoms with van der Waals surface area (Å²) < 4.78 is 2.92. The summed E-state index contributed by atoms with van der Waals surface area (Å²) in [5, 5.41) is 16.1. The van der Waals surface area contributed by atoms with Gasteiger partial charge in [0.15, 0.2) is 0 Å². The zero-order valence-corrected chi connectivity index (χ0v) is 14.4. The minimum absolute atomic E-state index is 0.169. The van der Waals surface area contributed by atoms with E-state index in [1.807, 2.05) is 24.6 Å². The van der Waals surface area contributed by atoms with E-state index in [1.54, 1.807) is 6.20 Å². The molecule has 21 heavy (non-hydrogen) atoms. The summed E-state index contributed by atoms with van der Waals surface area (Å²) in [5.41, 5.74) is 2.27. The molecule has 3 nitrogen and oxygen atoms in total. The fourth-order valence-corrected chi connectivity index (χ4v) is 3.83. The van der Waals surface area contributed by atoms with Gasteiger partial charge in [-0.1, -0.05) is 33.6 Å². The first kappa shape index (κ1) is 15.1. The highest BCUT2D eigenvalue weighted by Crippen LogP contribution is 2.40. The Bertz CT molecular complexity index is 683. The van der Waals surface area contributed by atoms with E-state index in [2.05, 4.69) is 33.2 Å². The van der Waals surface area contributed by atoms with E-state index in [9.17, 15) is 5.11 Å². The molecule has 5 heteroatoms. The molecule has 0 aliphatic heterocycles. The Kier molecular flexibility index (Phi) is 3.89. The molecule has 112 valence electrons. The van der Waals surface area contributed by atoms with Crippen molar-refractivity contribution in [1.82, 2.24) is 9.78 Å². The summed E-state index contributed by atoms with van der Waals surface area (Å²) in [6.45, 7) is 4.09. The van der Waals surface area contributed by atoms with Gasteiger partial charge in [0.25, 0.3) is 0 Å². The van der Waals surface area contributed by atoms with Crippen molar-refractivity contribution in [1.29, 1.82) is 0 Å². The molecule has 0 spiro atoms. The first-order chi connectivity index (χ1) is 9.90. The SMILES string of the molecule is CC(C)n1ncc(Cl)c1C1(O)CCc2cc(Br)ccc2C1. The van der Waals surface area contributed by atoms with Crippen LogP contribution in [-0.2, 0) is 18.4 Å². The number of hydrogen-bond acceptors (Lipinski definition) is 2. The second-order valence-electron chi connectivity index (χ2n) is 6.00. The number of nitrogens with zero attached hydrogens (tertiary/aromatic N) is 2. The molecule has 3 rings (SSSR count). The normalized spacial score (nSPS) is 21.6. The van der Waals surface area contributed by atoms with Gasteiger partial charge in [-0.25, -0.2) is 0 Å². The third-order valence-electron chi connectivity index (χ3n) is 4.14. The van der Waals surface area contributed by atoms with Gasteiger partial charge in [-0.15, -0.1) is 0 Å². The van der Waals surface area contributed by atoms with Gasteiger partial charge in [0.2, 0.25) is 0 Å². The van der Waals surface area contributed by atoms with Gasteiger partial charge in [0.05, 0.1) is 16.9 Å². The maximum absolute atomic E-state index is 11.2. The molecular weight excluding hydrogens is 352 g/mol. The summed E-state index contributed by atoms with van der Waals surface area (Å²) in [6, 6.07) is 6.40. The number of rotatable bonds is 2. The number of aliphatic hydroxyl groups is 1. The average Bonchev–Trinajstić information content (AvgIpc) is 2.82. The van der Waals surface area contributed by atoms with Crippen molar-refractivity contribution in [3.63, 3.8) is 0 Å². The van der Waals surface area contributed by atoms with E-state index in [0.29, 0.717) is 17.9 Å². The highest BCUT2D eigenvalue weighted by Gasteiger charge is 2.39. The van der Waals surface area contributed by atoms with E-state index in [1.165, 1.54) is 11.1 Å². The standard InChI is InChI=1S/C16H18BrClN2O/c1-10(2)20-15(14(18)9-19-20)16(21)6-5-11-7-13(17)4-3-12(11)8-16/h3-4,7,9-10,21H,5-6,8H2,1-2H3. The first-order valence-corrected chi connectivity index (χ1v) is 8.31. The third-order valence-corrected chi connectivity index (χ3v) is 4.91. The van der Waals surface area contributed by atoms with E-state index >= 15 is 0 Å². The number of fused-ring (bicyclic) bond motifs is 1. The van der Waals surface area contributed by atoms with E-state index in [4.69, 9.17) is 11.6 Å². The van der Waals surface area contributed by atoms with Crippen LogP contribution in [0.4, 0.5) is 0 Å². The molecule has 1 aliphatic rings. The van der Waals surface area contributed by atoms with Crippen LogP contribution in [0.5, 0.6) is 0 Å². The Morgan fingerprint density at radius 3 is 2.86 bits per heavy atom. The number of benzene rings is 1. The van der Waals surface area contributed by atoms with Crippen molar-refractivity contribution in [3.8, 4) is 0 Å². The Hall–Kier alpha value is -0.840. The fraction of sp³-hybridized carbons (Fsp3) is 0.438. The average molecular weight is 370 g/mol. The Labute approximate surface area is 138 Å². The van der Waals surface area contributed by atoms with Crippen molar-refractivity contribution < 1.29 is 5.11 Å². The Morgan fingerprint density at radius 1 is 1.38 bits per heavy atom. The summed E-state index contributed by atoms with van der Waals surface area (Å²) in [4.78, 5) is 0. The summed E-state index contributed by atoms with van der Waals surface area (Å²) in [7, 11) is 0. The highest BCUT2D eigenvalue weighted by atomic mass is 79.9. The monoisotopic (exact) mass is 368 g/mol. The fourth-order valence-electron chi connectivity index (χ4n) is 3.11.